The van der Waals surface area contributed by atoms with Crippen LogP contribution in [0.5, 0.6) is 0 Å². The normalized spacial score (nSPS) is 14.5. The lowest BCUT2D eigenvalue weighted by atomic mass is 10.1. The van der Waals surface area contributed by atoms with Crippen molar-refractivity contribution in [1.29, 1.82) is 0 Å². The van der Waals surface area contributed by atoms with Gasteiger partial charge in [-0.15, -0.1) is 0 Å². The Hall–Kier alpha value is -3.19. The molecule has 0 spiro atoms. The van der Waals surface area contributed by atoms with Gasteiger partial charge in [-0.3, -0.25) is 9.69 Å². The van der Waals surface area contributed by atoms with Gasteiger partial charge in [0.15, 0.2) is 11.7 Å². The molecule has 32 heavy (non-hydrogen) atoms. The maximum Gasteiger partial charge on any atom is 0.220 e. The number of hydrogen-bond donors (Lipinski definition) is 1. The summed E-state index contributed by atoms with van der Waals surface area (Å²) in [6.07, 6.45) is 2.55. The summed E-state index contributed by atoms with van der Waals surface area (Å²) in [6.45, 7) is 7.12. The van der Waals surface area contributed by atoms with Gasteiger partial charge in [-0.1, -0.05) is 29.8 Å². The second-order valence-corrected chi connectivity index (χ2v) is 8.14. The van der Waals surface area contributed by atoms with Gasteiger partial charge >= 0.3 is 0 Å². The largest absolute Gasteiger partial charge is 0.441 e. The summed E-state index contributed by atoms with van der Waals surface area (Å²) in [6, 6.07) is 14.7. The molecule has 2 heterocycles. The third kappa shape index (κ3) is 5.95. The predicted octanol–water partition coefficient (Wildman–Crippen LogP) is 3.66. The highest BCUT2D eigenvalue weighted by Gasteiger charge is 2.17. The van der Waals surface area contributed by atoms with E-state index in [1.54, 1.807) is 6.20 Å². The van der Waals surface area contributed by atoms with Gasteiger partial charge in [0, 0.05) is 63.4 Å². The lowest BCUT2D eigenvalue weighted by Crippen LogP contribution is -2.48. The van der Waals surface area contributed by atoms with Crippen molar-refractivity contribution >= 4 is 11.6 Å². The second-order valence-electron chi connectivity index (χ2n) is 8.14. The van der Waals surface area contributed by atoms with E-state index >= 15 is 0 Å². The number of nitrogens with one attached hydrogen (secondary N) is 1. The van der Waals surface area contributed by atoms with Crippen LogP contribution in [0.2, 0.25) is 0 Å². The average Bonchev–Trinajstić information content (AvgIpc) is 3.28. The summed E-state index contributed by atoms with van der Waals surface area (Å²) < 4.78 is 18.9. The first-order valence-electron chi connectivity index (χ1n) is 11.1. The number of halogens is 1. The Morgan fingerprint density at radius 2 is 1.78 bits per heavy atom. The molecule has 0 aliphatic carbocycles. The minimum atomic E-state index is -0.210. The van der Waals surface area contributed by atoms with Crippen molar-refractivity contribution in [3.8, 4) is 11.3 Å². The number of aromatic nitrogens is 1. The van der Waals surface area contributed by atoms with Crippen LogP contribution in [0.4, 0.5) is 10.1 Å². The van der Waals surface area contributed by atoms with Crippen molar-refractivity contribution in [2.24, 2.45) is 0 Å². The Kier molecular flexibility index (Phi) is 7.17. The number of anilines is 1. The van der Waals surface area contributed by atoms with Crippen LogP contribution in [0.25, 0.3) is 11.3 Å². The molecule has 0 unspecified atom stereocenters. The smallest absolute Gasteiger partial charge is 0.220 e. The van der Waals surface area contributed by atoms with E-state index in [1.807, 2.05) is 43.3 Å². The van der Waals surface area contributed by atoms with Crippen molar-refractivity contribution in [2.75, 3.05) is 44.2 Å². The zero-order valence-corrected chi connectivity index (χ0v) is 18.4. The summed E-state index contributed by atoms with van der Waals surface area (Å²) in [4.78, 5) is 21.1. The molecule has 0 bridgehead atoms. The molecule has 0 saturated carbocycles. The van der Waals surface area contributed by atoms with Crippen LogP contribution in [-0.4, -0.2) is 55.1 Å². The molecular formula is C25H29FN4O2. The van der Waals surface area contributed by atoms with Crippen LogP contribution >= 0.6 is 0 Å². The number of nitrogens with zero attached hydrogens (tertiary/aromatic N) is 3. The Bertz CT molecular complexity index is 1010. The Balaban J connectivity index is 1.13. The van der Waals surface area contributed by atoms with Crippen molar-refractivity contribution < 1.29 is 13.6 Å². The lowest BCUT2D eigenvalue weighted by molar-refractivity contribution is -0.121. The van der Waals surface area contributed by atoms with Gasteiger partial charge in [0.2, 0.25) is 5.91 Å². The third-order valence-corrected chi connectivity index (χ3v) is 5.77. The van der Waals surface area contributed by atoms with E-state index in [9.17, 15) is 9.18 Å². The summed E-state index contributed by atoms with van der Waals surface area (Å²) in [5.41, 5.74) is 3.23. The highest BCUT2D eigenvalue weighted by atomic mass is 19.1. The van der Waals surface area contributed by atoms with Gasteiger partial charge in [0.05, 0.1) is 6.20 Å². The predicted molar refractivity (Wildman–Crippen MR) is 123 cm³/mol. The van der Waals surface area contributed by atoms with Crippen LogP contribution < -0.4 is 10.2 Å². The van der Waals surface area contributed by atoms with Gasteiger partial charge in [-0.2, -0.15) is 0 Å². The summed E-state index contributed by atoms with van der Waals surface area (Å²) >= 11 is 0. The van der Waals surface area contributed by atoms with Crippen molar-refractivity contribution in [3.05, 3.63) is 72.0 Å². The molecule has 1 saturated heterocycles. The molecular weight excluding hydrogens is 407 g/mol. The molecule has 1 amide bonds. The molecule has 4 rings (SSSR count). The number of carbonyl (C=O) groups is 1. The Labute approximate surface area is 188 Å². The fourth-order valence-corrected chi connectivity index (χ4v) is 3.82. The number of rotatable bonds is 8. The van der Waals surface area contributed by atoms with Gasteiger partial charge in [-0.25, -0.2) is 9.37 Å². The first kappa shape index (κ1) is 22.0. The van der Waals surface area contributed by atoms with Crippen LogP contribution in [0.1, 0.15) is 17.9 Å². The van der Waals surface area contributed by atoms with Crippen LogP contribution in [0, 0.1) is 12.7 Å². The first-order chi connectivity index (χ1) is 15.6. The quantitative estimate of drug-likeness (QED) is 0.584. The van der Waals surface area contributed by atoms with Gasteiger partial charge in [0.1, 0.15) is 5.82 Å². The summed E-state index contributed by atoms with van der Waals surface area (Å²) in [5, 5.41) is 2.99. The minimum Gasteiger partial charge on any atom is -0.441 e. The number of oxazole rings is 1. The summed E-state index contributed by atoms with van der Waals surface area (Å²) in [7, 11) is 0. The van der Waals surface area contributed by atoms with E-state index < -0.39 is 0 Å². The molecule has 3 aromatic rings. The number of hydrogen-bond acceptors (Lipinski definition) is 5. The number of carbonyl (C=O) groups excluding carboxylic acids is 1. The molecule has 0 radical (unpaired) electrons. The zero-order chi connectivity index (χ0) is 22.3. The fourth-order valence-electron chi connectivity index (χ4n) is 3.82. The molecule has 1 fully saturated rings. The van der Waals surface area contributed by atoms with E-state index in [0.29, 0.717) is 25.3 Å². The number of amides is 1. The number of piperazine rings is 1. The van der Waals surface area contributed by atoms with E-state index in [2.05, 4.69) is 20.1 Å². The van der Waals surface area contributed by atoms with E-state index in [-0.39, 0.29) is 11.7 Å². The van der Waals surface area contributed by atoms with E-state index in [0.717, 1.165) is 49.7 Å². The highest BCUT2D eigenvalue weighted by Crippen LogP contribution is 2.21. The van der Waals surface area contributed by atoms with Gasteiger partial charge in [-0.05, 0) is 31.2 Å². The molecule has 2 aromatic carbocycles. The maximum absolute atomic E-state index is 13.1. The van der Waals surface area contributed by atoms with E-state index in [1.165, 1.54) is 17.7 Å². The molecule has 7 heteroatoms. The minimum absolute atomic E-state index is 0.00466. The summed E-state index contributed by atoms with van der Waals surface area (Å²) in [5.74, 6) is 1.09. The molecule has 1 aliphatic rings. The molecule has 1 aromatic heterocycles. The van der Waals surface area contributed by atoms with Gasteiger partial charge < -0.3 is 14.6 Å². The van der Waals surface area contributed by atoms with Crippen molar-refractivity contribution in [1.82, 2.24) is 15.2 Å². The van der Waals surface area contributed by atoms with Crippen LogP contribution in [-0.2, 0) is 11.2 Å². The topological polar surface area (TPSA) is 61.6 Å². The monoisotopic (exact) mass is 436 g/mol. The van der Waals surface area contributed by atoms with Crippen LogP contribution in [0.15, 0.2) is 59.1 Å². The Morgan fingerprint density at radius 1 is 1.06 bits per heavy atom. The molecule has 6 nitrogen and oxygen atoms in total. The maximum atomic E-state index is 13.1. The Morgan fingerprint density at radius 3 is 2.50 bits per heavy atom. The lowest BCUT2D eigenvalue weighted by Gasteiger charge is -2.36. The molecule has 0 atom stereocenters. The molecule has 1 N–H and O–H groups in total. The average molecular weight is 437 g/mol. The van der Waals surface area contributed by atoms with Crippen molar-refractivity contribution in [2.45, 2.75) is 19.8 Å². The fraction of sp³-hybridized carbons (Fsp3) is 0.360. The van der Waals surface area contributed by atoms with Crippen LogP contribution in [0.3, 0.4) is 0 Å². The van der Waals surface area contributed by atoms with Crippen molar-refractivity contribution in [3.63, 3.8) is 0 Å². The number of aryl methyl sites for hydroxylation is 2. The highest BCUT2D eigenvalue weighted by molar-refractivity contribution is 5.76. The number of benzene rings is 2. The standard InChI is InChI=1S/C25H29FN4O2/c1-19-2-4-20(5-3-19)23-18-28-25(32-23)11-10-24(31)27-12-13-29-14-16-30(17-15-29)22-8-6-21(26)7-9-22/h2-9,18H,10-17H2,1H3,(H,27,31). The van der Waals surface area contributed by atoms with Gasteiger partial charge in [0.25, 0.3) is 0 Å². The second kappa shape index (κ2) is 10.4. The first-order valence-corrected chi connectivity index (χ1v) is 11.1. The SMILES string of the molecule is Cc1ccc(-c2cnc(CCC(=O)NCCN3CCN(c4ccc(F)cc4)CC3)o2)cc1. The van der Waals surface area contributed by atoms with E-state index in [4.69, 9.17) is 4.42 Å². The third-order valence-electron chi connectivity index (χ3n) is 5.77. The molecule has 168 valence electrons. The zero-order valence-electron chi connectivity index (χ0n) is 18.4. The molecule has 1 aliphatic heterocycles.